The minimum Gasteiger partial charge on any atom is -0.380 e. The lowest BCUT2D eigenvalue weighted by Crippen LogP contribution is -2.23. The predicted molar refractivity (Wildman–Crippen MR) is 136 cm³/mol. The molecule has 1 saturated heterocycles. The topological polar surface area (TPSA) is 64.1 Å². The van der Waals surface area contributed by atoms with Crippen LogP contribution in [0, 0.1) is 24.4 Å². The molecule has 0 radical (unpaired) electrons. The van der Waals surface area contributed by atoms with Gasteiger partial charge in [0.1, 0.15) is 18.4 Å². The fraction of sp³-hybridized carbons (Fsp3) is 0.231. The molecule has 186 valence electrons. The lowest BCUT2D eigenvalue weighted by Gasteiger charge is -2.22. The summed E-state index contributed by atoms with van der Waals surface area (Å²) in [6, 6.07) is 10.2. The van der Waals surface area contributed by atoms with Gasteiger partial charge in [-0.2, -0.15) is 0 Å². The maximum atomic E-state index is 15.2. The molecule has 0 atom stereocenters. The number of nitrogens with zero attached hydrogens (tertiary/aromatic N) is 2. The Kier molecular flexibility index (Phi) is 6.77. The van der Waals surface area contributed by atoms with Crippen LogP contribution < -0.4 is 10.8 Å². The smallest absolute Gasteiger partial charge is 0.163 e. The van der Waals surface area contributed by atoms with Gasteiger partial charge in [-0.15, -0.1) is 0 Å². The van der Waals surface area contributed by atoms with Crippen LogP contribution in [0.4, 0.5) is 18.9 Å². The summed E-state index contributed by atoms with van der Waals surface area (Å²) in [6.07, 6.45) is 2.38. The maximum absolute atomic E-state index is 15.2. The molecule has 2 aromatic carbocycles. The first-order valence-corrected chi connectivity index (χ1v) is 13.8. The number of ether oxygens (including phenoxy) is 1. The molecule has 0 spiro atoms. The number of rotatable bonds is 5. The van der Waals surface area contributed by atoms with E-state index < -0.39 is 24.6 Å². The summed E-state index contributed by atoms with van der Waals surface area (Å²) in [4.78, 5) is 8.79. The number of nitrogens with one attached hydrogen (secondary N) is 1. The summed E-state index contributed by atoms with van der Waals surface area (Å²) in [6.45, 7) is 2.51. The normalized spacial score (nSPS) is 15.2. The molecule has 2 aromatic heterocycles. The Balaban J connectivity index is 1.54. The van der Waals surface area contributed by atoms with Gasteiger partial charge in [0.25, 0.3) is 0 Å². The standard InChI is InChI=1S/C26H22ClF3N3O2P/c1-15-24(27)26(32-14-17-3-2-4-20(28)25(17)30)19-11-18(21(29)12-22(19)33-15)16-5-6-23(31-13-16)36(34)9-7-35-8-10-36/h2-6,11-13H,7-10,14H2,1H3,(H,32,33). The van der Waals surface area contributed by atoms with Crippen LogP contribution in [0.1, 0.15) is 11.3 Å². The zero-order chi connectivity index (χ0) is 25.4. The molecule has 5 nitrogen and oxygen atoms in total. The minimum atomic E-state index is -2.62. The Morgan fingerprint density at radius 3 is 2.58 bits per heavy atom. The van der Waals surface area contributed by atoms with E-state index in [1.165, 1.54) is 24.4 Å². The first kappa shape index (κ1) is 24.8. The van der Waals surface area contributed by atoms with Gasteiger partial charge in [-0.1, -0.05) is 29.8 Å². The molecular formula is C26H22ClF3N3O2P. The minimum absolute atomic E-state index is 0.0379. The van der Waals surface area contributed by atoms with Crippen molar-refractivity contribution in [2.45, 2.75) is 13.5 Å². The van der Waals surface area contributed by atoms with Gasteiger partial charge in [0.15, 0.2) is 11.6 Å². The average Bonchev–Trinajstić information content (AvgIpc) is 2.87. The van der Waals surface area contributed by atoms with E-state index in [9.17, 15) is 13.3 Å². The van der Waals surface area contributed by atoms with Crippen molar-refractivity contribution in [2.75, 3.05) is 30.9 Å². The lowest BCUT2D eigenvalue weighted by molar-refractivity contribution is 0.156. The molecule has 0 unspecified atom stereocenters. The van der Waals surface area contributed by atoms with E-state index in [1.54, 1.807) is 25.1 Å². The molecule has 0 aliphatic carbocycles. The Morgan fingerprint density at radius 2 is 1.86 bits per heavy atom. The third-order valence-corrected chi connectivity index (χ3v) is 9.71. The average molecular weight is 532 g/mol. The molecule has 1 fully saturated rings. The van der Waals surface area contributed by atoms with Gasteiger partial charge >= 0.3 is 0 Å². The summed E-state index contributed by atoms with van der Waals surface area (Å²) in [5, 5.41) is 3.88. The summed E-state index contributed by atoms with van der Waals surface area (Å²) in [5.74, 6) is -2.40. The van der Waals surface area contributed by atoms with Crippen molar-refractivity contribution in [3.8, 4) is 11.1 Å². The van der Waals surface area contributed by atoms with Crippen LogP contribution in [0.25, 0.3) is 22.0 Å². The van der Waals surface area contributed by atoms with Crippen molar-refractivity contribution >= 4 is 40.8 Å². The second-order valence-electron chi connectivity index (χ2n) is 8.66. The van der Waals surface area contributed by atoms with Crippen LogP contribution >= 0.6 is 18.7 Å². The van der Waals surface area contributed by atoms with E-state index in [0.29, 0.717) is 63.8 Å². The Morgan fingerprint density at radius 1 is 1.08 bits per heavy atom. The highest BCUT2D eigenvalue weighted by Crippen LogP contribution is 2.45. The summed E-state index contributed by atoms with van der Waals surface area (Å²) in [5.41, 5.74) is 2.64. The van der Waals surface area contributed by atoms with Gasteiger partial charge in [-0.25, -0.2) is 13.2 Å². The lowest BCUT2D eigenvalue weighted by atomic mass is 10.0. The zero-order valence-corrected chi connectivity index (χ0v) is 21.0. The molecule has 0 amide bonds. The summed E-state index contributed by atoms with van der Waals surface area (Å²) >= 11 is 6.53. The highest BCUT2D eigenvalue weighted by molar-refractivity contribution is 7.71. The summed E-state index contributed by atoms with van der Waals surface area (Å²) in [7, 11) is -2.62. The molecule has 1 aliphatic rings. The van der Waals surface area contributed by atoms with Crippen molar-refractivity contribution in [1.29, 1.82) is 0 Å². The SMILES string of the molecule is Cc1nc2cc(F)c(-c3ccc(P4(=O)CCOCC4)nc3)cc2c(NCc2cccc(F)c2F)c1Cl. The van der Waals surface area contributed by atoms with Gasteiger partial charge in [-0.3, -0.25) is 9.97 Å². The monoisotopic (exact) mass is 531 g/mol. The predicted octanol–water partition coefficient (Wildman–Crippen LogP) is 6.31. The Labute approximate surface area is 211 Å². The van der Waals surface area contributed by atoms with E-state index >= 15 is 4.39 Å². The Bertz CT molecular complexity index is 1510. The largest absolute Gasteiger partial charge is 0.380 e. The van der Waals surface area contributed by atoms with Crippen LogP contribution in [-0.4, -0.2) is 35.5 Å². The molecule has 5 rings (SSSR count). The van der Waals surface area contributed by atoms with Crippen molar-refractivity contribution in [2.24, 2.45) is 0 Å². The number of pyridine rings is 2. The molecule has 0 saturated carbocycles. The van der Waals surface area contributed by atoms with Gasteiger partial charge in [0, 0.05) is 53.2 Å². The first-order chi connectivity index (χ1) is 17.3. The molecule has 10 heteroatoms. The second-order valence-corrected chi connectivity index (χ2v) is 12.2. The molecule has 36 heavy (non-hydrogen) atoms. The number of hydrogen-bond donors (Lipinski definition) is 1. The van der Waals surface area contributed by atoms with Crippen molar-refractivity contribution < 1.29 is 22.5 Å². The zero-order valence-electron chi connectivity index (χ0n) is 19.3. The molecule has 1 N–H and O–H groups in total. The molecule has 0 bridgehead atoms. The van der Waals surface area contributed by atoms with Gasteiger partial charge in [-0.05, 0) is 25.1 Å². The van der Waals surface area contributed by atoms with Crippen LogP contribution in [-0.2, 0) is 15.8 Å². The van der Waals surface area contributed by atoms with Gasteiger partial charge in [0.2, 0.25) is 0 Å². The number of aromatic nitrogens is 2. The third kappa shape index (κ3) is 4.61. The van der Waals surface area contributed by atoms with Crippen LogP contribution in [0.15, 0.2) is 48.7 Å². The van der Waals surface area contributed by atoms with Crippen LogP contribution in [0.5, 0.6) is 0 Å². The molecule has 1 aliphatic heterocycles. The van der Waals surface area contributed by atoms with Crippen LogP contribution in [0.3, 0.4) is 0 Å². The third-order valence-electron chi connectivity index (χ3n) is 6.34. The number of fused-ring (bicyclic) bond motifs is 1. The number of hydrogen-bond acceptors (Lipinski definition) is 5. The quantitative estimate of drug-likeness (QED) is 0.306. The van der Waals surface area contributed by atoms with E-state index in [1.807, 2.05) is 0 Å². The van der Waals surface area contributed by atoms with Crippen LogP contribution in [0.2, 0.25) is 5.02 Å². The van der Waals surface area contributed by atoms with Gasteiger partial charge in [0.05, 0.1) is 35.1 Å². The van der Waals surface area contributed by atoms with E-state index in [-0.39, 0.29) is 17.7 Å². The molecule has 4 aromatic rings. The van der Waals surface area contributed by atoms with Crippen molar-refractivity contribution in [1.82, 2.24) is 9.97 Å². The number of benzene rings is 2. The van der Waals surface area contributed by atoms with E-state index in [2.05, 4.69) is 15.3 Å². The fourth-order valence-corrected chi connectivity index (χ4v) is 6.66. The molecule has 3 heterocycles. The summed E-state index contributed by atoms with van der Waals surface area (Å²) < 4.78 is 61.5. The second kappa shape index (κ2) is 9.85. The van der Waals surface area contributed by atoms with Crippen molar-refractivity contribution in [3.63, 3.8) is 0 Å². The maximum Gasteiger partial charge on any atom is 0.163 e. The number of aryl methyl sites for hydroxylation is 1. The highest BCUT2D eigenvalue weighted by atomic mass is 35.5. The highest BCUT2D eigenvalue weighted by Gasteiger charge is 2.29. The fourth-order valence-electron chi connectivity index (χ4n) is 4.30. The van der Waals surface area contributed by atoms with E-state index in [0.717, 1.165) is 6.07 Å². The Hall–Kier alpha value is -2.93. The molecular weight excluding hydrogens is 510 g/mol. The van der Waals surface area contributed by atoms with E-state index in [4.69, 9.17) is 16.3 Å². The van der Waals surface area contributed by atoms with Crippen molar-refractivity contribution in [3.05, 3.63) is 82.4 Å². The van der Waals surface area contributed by atoms with Gasteiger partial charge < -0.3 is 14.6 Å². The number of anilines is 1. The number of halogens is 4. The first-order valence-electron chi connectivity index (χ1n) is 11.4.